The Balaban J connectivity index is 0.000000305. The number of morpholine rings is 5. The minimum atomic E-state index is -5.07. The number of ether oxygens (including phenoxy) is 8. The van der Waals surface area contributed by atoms with Crippen molar-refractivity contribution in [1.29, 1.82) is 0 Å². The van der Waals surface area contributed by atoms with Gasteiger partial charge in [0.05, 0.1) is 74.7 Å². The van der Waals surface area contributed by atoms with Crippen LogP contribution in [0.1, 0.15) is 43.6 Å². The number of aryl methyl sites for hydroxylation is 1. The summed E-state index contributed by atoms with van der Waals surface area (Å²) in [6.45, 7) is 6.72. The zero-order chi connectivity index (χ0) is 90.3. The van der Waals surface area contributed by atoms with Crippen LogP contribution in [-0.2, 0) is 57.6 Å². The molecule has 5 saturated heterocycles. The topological polar surface area (TPSA) is 620 Å². The van der Waals surface area contributed by atoms with Crippen LogP contribution in [0.15, 0.2) is 172 Å². The van der Waals surface area contributed by atoms with Gasteiger partial charge < -0.3 is 84.4 Å². The highest BCUT2D eigenvalue weighted by Crippen LogP contribution is 2.32. The number of aliphatic hydroxyl groups excluding tert-OH is 2. The number of nitrogens with one attached hydrogen (secondary N) is 8. The first-order chi connectivity index (χ1) is 57.7. The number of methoxy groups -OCH3 is 3. The SMILES string of the molecule is CCN1CC(COC)OC(n2ccc(=O)[nH]c2=O)C1.CNS.COCC1CN(C(=O)C(F)(F)F)CC(n2ccc(=O)[nH]c2=O)O1.COCC1CNCC(n2ccc(=O)[nH]c2=O)O1.Cc1ccc(S(=O)(=O)O)cc1.N.O.O=C(N1CC(CO)OC(n2ccc(=O)[nH]c2=O)C1)C(F)(F)F.O=c1c2ccccc2op1Cl.O=c1ccn(C2CNCC(CO)O2)c(=O)[nH]1. The van der Waals surface area contributed by atoms with Gasteiger partial charge in [0.15, 0.2) is 38.3 Å². The third kappa shape index (κ3) is 32.9. The number of para-hydroxylation sites is 1. The summed E-state index contributed by atoms with van der Waals surface area (Å²) in [6, 6.07) is 19.0. The number of H-pyrrole nitrogens is 5. The molecule has 11 atom stereocenters. The molecule has 45 nitrogen and oxygen atoms in total. The normalized spacial score (nSPS) is 20.8. The van der Waals surface area contributed by atoms with E-state index in [1.807, 2.05) is 23.0 Å². The van der Waals surface area contributed by atoms with Gasteiger partial charge in [-0.1, -0.05) is 49.6 Å². The first-order valence-electron chi connectivity index (χ1n) is 36.2. The number of aliphatic hydroxyl groups is 2. The number of aromatic nitrogens is 10. The van der Waals surface area contributed by atoms with Gasteiger partial charge in [-0.05, 0) is 56.0 Å². The number of likely N-dealkylation sites (N-methyl/N-ethyl adjacent to an activating group) is 1. The van der Waals surface area contributed by atoms with Crippen LogP contribution in [0.3, 0.4) is 0 Å². The number of thiol groups is 1. The third-order valence-electron chi connectivity index (χ3n) is 17.2. The Morgan fingerprint density at radius 3 is 1.20 bits per heavy atom. The highest BCUT2D eigenvalue weighted by Gasteiger charge is 2.47. The standard InChI is InChI=1S/C12H14F3N3O5.C12H19N3O4.C11H12F3N3O5.C10H15N3O4.C9H13N3O4.C7H4ClO2P.C7H8O3S.CH5NS.H3N.H2O/c1-22-6-7-4-17(10(20)12(13,14)15)5-9(23-7)18-3-2-8(19)16-11(18)21;1-3-14-6-9(8-18-2)19-11(7-14)15-5-4-10(16)13-12(15)17;12-11(13,14)9(20)16-3-6(5-18)22-8(4-16)17-2-1-7(19)15-10(17)21;1-16-6-7-4-11-5-9(17-7)13-3-2-8(14)12-10(13)15;13-5-6-3-10-4-8(16-6)12-2-1-7(14)11-9(12)15;8-11-7(9)5-3-1-2-4-6(5)10-11;1-6-2-4-7(5-3-6)11(8,9)10;1-2-3;;/h2-3,7,9H,4-6H2,1H3,(H,16,19,21);4-5,9,11H,3,6-8H2,1-2H3,(H,13,16,17);1-2,6,8,18H,3-5H2,(H,15,19,21);2-3,7,9,11H,4-6H2,1H3,(H,12,14,15);1-2,6,8,10,13H,3-5H2,(H,11,14,15);1-4H;2-5H,1H3,(H,8,9,10);2-3H,1H3;1H3;1H2. The van der Waals surface area contributed by atoms with Crippen molar-refractivity contribution < 1.29 is 107 Å². The Kier molecular flexibility index (Phi) is 43.6. The van der Waals surface area contributed by atoms with E-state index in [1.54, 1.807) is 51.6 Å². The summed E-state index contributed by atoms with van der Waals surface area (Å²) < 4.78 is 161. The number of benzene rings is 2. The summed E-state index contributed by atoms with van der Waals surface area (Å²) in [5.41, 5.74) is -4.21. The van der Waals surface area contributed by atoms with E-state index < -0.39 is 167 Å². The average molecular weight is 1860 g/mol. The smallest absolute Gasteiger partial charge is 0.430 e. The molecule has 124 heavy (non-hydrogen) atoms. The Morgan fingerprint density at radius 1 is 0.516 bits per heavy atom. The maximum Gasteiger partial charge on any atom is 0.471 e. The quantitative estimate of drug-likeness (QED) is 0.0294. The van der Waals surface area contributed by atoms with Gasteiger partial charge in [0.1, 0.15) is 17.8 Å². The third-order valence-corrected chi connectivity index (χ3v) is 19.6. The fourth-order valence-corrected chi connectivity index (χ4v) is 13.4. The van der Waals surface area contributed by atoms with Gasteiger partial charge in [-0.2, -0.15) is 34.8 Å². The Bertz CT molecular complexity index is 5510. The number of amides is 2. The van der Waals surface area contributed by atoms with Crippen molar-refractivity contribution in [2.75, 3.05) is 133 Å². The lowest BCUT2D eigenvalue weighted by Gasteiger charge is -2.38. The van der Waals surface area contributed by atoms with E-state index >= 15 is 0 Å². The number of halogens is 7. The number of alkyl halides is 6. The molecular formula is C69H95ClF6N17O28PS2. The first-order valence-corrected chi connectivity index (χ1v) is 40.3. The maximum atomic E-state index is 12.6. The van der Waals surface area contributed by atoms with Gasteiger partial charge in [0.2, 0.25) is 0 Å². The van der Waals surface area contributed by atoms with Crippen LogP contribution in [0, 0.1) is 6.92 Å². The Labute approximate surface area is 707 Å². The predicted molar refractivity (Wildman–Crippen MR) is 433 cm³/mol. The zero-order valence-corrected chi connectivity index (χ0v) is 70.2. The molecule has 5 aliphatic heterocycles. The van der Waals surface area contributed by atoms with E-state index in [4.69, 9.17) is 68.1 Å². The summed E-state index contributed by atoms with van der Waals surface area (Å²) in [6.07, 6.45) is -9.87. The van der Waals surface area contributed by atoms with Gasteiger partial charge in [-0.25, -0.2) is 24.0 Å². The van der Waals surface area contributed by atoms with Crippen molar-refractivity contribution >= 4 is 64.1 Å². The molecule has 0 bridgehead atoms. The van der Waals surface area contributed by atoms with E-state index in [1.165, 1.54) is 69.7 Å². The van der Waals surface area contributed by atoms with E-state index in [0.29, 0.717) is 66.7 Å². The number of hydrogen-bond acceptors (Lipinski definition) is 32. The molecule has 2 amide bonds. The molecule has 5 fully saturated rings. The van der Waals surface area contributed by atoms with E-state index in [0.717, 1.165) is 52.3 Å². The van der Waals surface area contributed by atoms with Crippen LogP contribution in [0.4, 0.5) is 26.3 Å². The zero-order valence-electron chi connectivity index (χ0n) is 66.9. The molecule has 55 heteroatoms. The lowest BCUT2D eigenvalue weighted by molar-refractivity contribution is -0.201. The van der Waals surface area contributed by atoms with Crippen LogP contribution in [0.5, 0.6) is 0 Å². The summed E-state index contributed by atoms with van der Waals surface area (Å²) in [4.78, 5) is 161. The molecule has 11 unspecified atom stereocenters. The monoisotopic (exact) mass is 1850 g/mol. The molecule has 8 aromatic rings. The number of carbonyl (C=O) groups is 2. The minimum absolute atomic E-state index is 0. The highest BCUT2D eigenvalue weighted by molar-refractivity contribution is 7.85. The minimum Gasteiger partial charge on any atom is -0.430 e. The van der Waals surface area contributed by atoms with Crippen molar-refractivity contribution in [2.24, 2.45) is 0 Å². The molecule has 5 aliphatic rings. The molecule has 0 aliphatic carbocycles. The predicted octanol–water partition coefficient (Wildman–Crippen LogP) is -2.21. The van der Waals surface area contributed by atoms with Crippen LogP contribution >= 0.6 is 31.2 Å². The highest BCUT2D eigenvalue weighted by atomic mass is 35.7. The average Bonchev–Trinajstić information content (AvgIpc) is 1.02. The summed E-state index contributed by atoms with van der Waals surface area (Å²) in [5.74, 6) is -4.11. The van der Waals surface area contributed by atoms with Gasteiger partial charge in [-0.15, -0.1) is 0 Å². The molecule has 16 N–H and O–H groups in total. The molecule has 0 saturated carbocycles. The van der Waals surface area contributed by atoms with E-state index in [9.17, 15) is 97.1 Å². The molecule has 2 aromatic carbocycles. The summed E-state index contributed by atoms with van der Waals surface area (Å²) in [5, 5.41) is 24.8. The van der Waals surface area contributed by atoms with Gasteiger partial charge >= 0.3 is 52.6 Å². The van der Waals surface area contributed by atoms with Crippen molar-refractivity contribution in [3.8, 4) is 0 Å². The lowest BCUT2D eigenvalue weighted by atomic mass is 10.2. The van der Waals surface area contributed by atoms with Crippen molar-refractivity contribution in [2.45, 2.75) is 92.8 Å². The fourth-order valence-electron chi connectivity index (χ4n) is 11.6. The fraction of sp³-hybridized carbons (Fsp3) is 0.493. The van der Waals surface area contributed by atoms with E-state index in [-0.39, 0.29) is 59.8 Å². The van der Waals surface area contributed by atoms with E-state index in [2.05, 4.69) is 54.9 Å². The molecule has 13 rings (SSSR count). The Morgan fingerprint density at radius 2 is 0.847 bits per heavy atom. The first kappa shape index (κ1) is 106. The summed E-state index contributed by atoms with van der Waals surface area (Å²) >= 11 is 9.16. The van der Waals surface area contributed by atoms with Crippen molar-refractivity contribution in [1.82, 2.24) is 84.0 Å². The number of nitrogens with zero attached hydrogens (tertiary/aromatic N) is 8. The van der Waals surface area contributed by atoms with Gasteiger partial charge in [0.25, 0.3) is 43.1 Å². The molecule has 11 heterocycles. The maximum absolute atomic E-state index is 12.6. The second-order valence-electron chi connectivity index (χ2n) is 26.1. The van der Waals surface area contributed by atoms with Gasteiger partial charge in [0, 0.05) is 135 Å². The lowest BCUT2D eigenvalue weighted by Crippen LogP contribution is -2.54. The summed E-state index contributed by atoms with van der Waals surface area (Å²) in [7, 11) is 0.845. The molecule has 0 spiro atoms. The molecule has 690 valence electrons. The van der Waals surface area contributed by atoms with Crippen LogP contribution < -0.4 is 82.9 Å². The van der Waals surface area contributed by atoms with Crippen LogP contribution in [0.2, 0.25) is 0 Å². The second-order valence-corrected chi connectivity index (χ2v) is 30.0. The largest absolute Gasteiger partial charge is 0.471 e. The van der Waals surface area contributed by atoms with Crippen LogP contribution in [-0.4, -0.2) is 279 Å². The molecular weight excluding hydrogens is 1760 g/mol. The van der Waals surface area contributed by atoms with Crippen LogP contribution in [0.25, 0.3) is 11.0 Å². The van der Waals surface area contributed by atoms with Gasteiger partial charge in [-0.3, -0.25) is 100 Å². The number of hydrogen-bond donors (Lipinski definition) is 13. The number of carbonyl (C=O) groups excluding carboxylic acids is 2. The second kappa shape index (κ2) is 50.9. The number of aromatic amines is 5. The number of rotatable bonds is 15. The Hall–Kier alpha value is -9.96. The molecule has 6 aromatic heterocycles. The van der Waals surface area contributed by atoms with Crippen molar-refractivity contribution in [3.63, 3.8) is 0 Å². The molecule has 0 radical (unpaired) electrons. The number of fused-ring (bicyclic) bond motifs is 1. The van der Waals surface area contributed by atoms with Crippen molar-refractivity contribution in [3.05, 3.63) is 230 Å².